The van der Waals surface area contributed by atoms with Crippen LogP contribution in [0.25, 0.3) is 0 Å². The Labute approximate surface area is 163 Å². The Bertz CT molecular complexity index is 863. The number of rotatable bonds is 6. The van der Waals surface area contributed by atoms with E-state index in [9.17, 15) is 14.0 Å². The second-order valence-electron chi connectivity index (χ2n) is 8.08. The molecule has 3 aliphatic carbocycles. The predicted molar refractivity (Wildman–Crippen MR) is 103 cm³/mol. The molecule has 0 unspecified atom stereocenters. The molecule has 1 atom stereocenters. The van der Waals surface area contributed by atoms with Gasteiger partial charge in [0.05, 0.1) is 0 Å². The number of carbonyl (C=O) groups is 2. The number of carbonyl (C=O) groups excluding carboxylic acids is 2. The Morgan fingerprint density at radius 2 is 1.71 bits per heavy atom. The Balaban J connectivity index is 1.24. The number of halogens is 1. The highest BCUT2D eigenvalue weighted by Gasteiger charge is 2.71. The largest absolute Gasteiger partial charge is 0.445 e. The normalized spacial score (nSPS) is 25.6. The SMILES string of the molecule is C[C@H](C(=O)Nc1ccc(F)cc1)C12CC(NC(=O)OCc3ccccc3)(C1)C2. The quantitative estimate of drug-likeness (QED) is 0.785. The number of nitrogens with one attached hydrogen (secondary N) is 2. The zero-order chi connectivity index (χ0) is 19.8. The van der Waals surface area contributed by atoms with E-state index in [1.165, 1.54) is 12.1 Å². The molecule has 0 aromatic heterocycles. The van der Waals surface area contributed by atoms with Crippen molar-refractivity contribution in [2.75, 3.05) is 5.32 Å². The summed E-state index contributed by atoms with van der Waals surface area (Å²) in [5.74, 6) is -0.592. The van der Waals surface area contributed by atoms with Gasteiger partial charge in [0.25, 0.3) is 0 Å². The number of hydrogen-bond acceptors (Lipinski definition) is 3. The number of benzene rings is 2. The Morgan fingerprint density at radius 1 is 1.07 bits per heavy atom. The first-order valence-electron chi connectivity index (χ1n) is 9.45. The molecule has 0 radical (unpaired) electrons. The van der Waals surface area contributed by atoms with E-state index < -0.39 is 6.09 Å². The van der Waals surface area contributed by atoms with Crippen LogP contribution in [0.15, 0.2) is 54.6 Å². The van der Waals surface area contributed by atoms with Crippen molar-refractivity contribution in [1.82, 2.24) is 5.32 Å². The molecule has 2 bridgehead atoms. The van der Waals surface area contributed by atoms with Crippen molar-refractivity contribution in [3.05, 3.63) is 66.0 Å². The minimum atomic E-state index is -0.416. The number of amides is 2. The molecule has 0 spiro atoms. The van der Waals surface area contributed by atoms with Crippen LogP contribution in [0.2, 0.25) is 0 Å². The monoisotopic (exact) mass is 382 g/mol. The molecule has 0 saturated heterocycles. The Morgan fingerprint density at radius 3 is 2.36 bits per heavy atom. The standard InChI is InChI=1S/C22H23FN2O3/c1-15(19(26)24-18-9-7-17(23)8-10-18)21-12-22(13-21,14-21)25-20(27)28-11-16-5-3-2-4-6-16/h2-10,15H,11-14H2,1H3,(H,24,26)(H,25,27)/t15-,21?,22?/m1/s1. The molecular weight excluding hydrogens is 359 g/mol. The van der Waals surface area contributed by atoms with Gasteiger partial charge < -0.3 is 15.4 Å². The topological polar surface area (TPSA) is 67.4 Å². The molecular formula is C22H23FN2O3. The van der Waals surface area contributed by atoms with Crippen molar-refractivity contribution in [3.63, 3.8) is 0 Å². The lowest BCUT2D eigenvalue weighted by Crippen LogP contribution is -2.77. The van der Waals surface area contributed by atoms with Gasteiger partial charge in [0, 0.05) is 17.1 Å². The van der Waals surface area contributed by atoms with Gasteiger partial charge in [-0.1, -0.05) is 37.3 Å². The summed E-state index contributed by atoms with van der Waals surface area (Å²) in [5.41, 5.74) is 1.22. The van der Waals surface area contributed by atoms with Crippen LogP contribution in [-0.4, -0.2) is 17.5 Å². The second kappa shape index (κ2) is 6.93. The van der Waals surface area contributed by atoms with Crippen LogP contribution in [0, 0.1) is 17.2 Å². The van der Waals surface area contributed by atoms with Gasteiger partial charge in [-0.2, -0.15) is 0 Å². The molecule has 0 aliphatic heterocycles. The first-order chi connectivity index (χ1) is 13.4. The second-order valence-corrected chi connectivity index (χ2v) is 8.08. The van der Waals surface area contributed by atoms with Crippen molar-refractivity contribution in [2.45, 2.75) is 38.3 Å². The number of alkyl carbamates (subject to hydrolysis) is 1. The summed E-state index contributed by atoms with van der Waals surface area (Å²) in [7, 11) is 0. The van der Waals surface area contributed by atoms with E-state index in [1.54, 1.807) is 12.1 Å². The van der Waals surface area contributed by atoms with Crippen LogP contribution in [0.4, 0.5) is 14.9 Å². The molecule has 28 heavy (non-hydrogen) atoms. The Hall–Kier alpha value is -2.89. The lowest BCUT2D eigenvalue weighted by atomic mass is 9.36. The van der Waals surface area contributed by atoms with Crippen molar-refractivity contribution < 1.29 is 18.7 Å². The molecule has 146 valence electrons. The first kappa shape index (κ1) is 18.5. The highest BCUT2D eigenvalue weighted by Crippen LogP contribution is 2.70. The van der Waals surface area contributed by atoms with Crippen molar-refractivity contribution >= 4 is 17.7 Å². The third kappa shape index (κ3) is 3.46. The molecule has 3 fully saturated rings. The summed E-state index contributed by atoms with van der Waals surface area (Å²) in [4.78, 5) is 24.6. The minimum absolute atomic E-state index is 0.0726. The van der Waals surface area contributed by atoms with Crippen LogP contribution >= 0.6 is 0 Å². The van der Waals surface area contributed by atoms with E-state index in [0.717, 1.165) is 24.8 Å². The lowest BCUT2D eigenvalue weighted by molar-refractivity contribution is -0.185. The highest BCUT2D eigenvalue weighted by atomic mass is 19.1. The van der Waals surface area contributed by atoms with Crippen molar-refractivity contribution in [2.24, 2.45) is 11.3 Å². The summed E-state index contributed by atoms with van der Waals surface area (Å²) in [6.45, 7) is 2.15. The first-order valence-corrected chi connectivity index (χ1v) is 9.45. The average molecular weight is 382 g/mol. The molecule has 3 aliphatic rings. The van der Waals surface area contributed by atoms with Crippen molar-refractivity contribution in [3.8, 4) is 0 Å². The Kier molecular flexibility index (Phi) is 4.57. The number of anilines is 1. The van der Waals surface area contributed by atoms with E-state index in [0.29, 0.717) is 5.69 Å². The van der Waals surface area contributed by atoms with Gasteiger partial charge in [-0.3, -0.25) is 4.79 Å². The summed E-state index contributed by atoms with van der Waals surface area (Å²) in [6.07, 6.45) is 1.91. The lowest BCUT2D eigenvalue weighted by Gasteiger charge is -2.72. The van der Waals surface area contributed by atoms with Crippen LogP contribution in [-0.2, 0) is 16.1 Å². The maximum absolute atomic E-state index is 13.0. The fourth-order valence-corrected chi connectivity index (χ4v) is 4.50. The van der Waals surface area contributed by atoms with E-state index in [4.69, 9.17) is 4.74 Å². The van der Waals surface area contributed by atoms with E-state index >= 15 is 0 Å². The molecule has 2 aromatic rings. The van der Waals surface area contributed by atoms with Crippen molar-refractivity contribution in [1.29, 1.82) is 0 Å². The van der Waals surface area contributed by atoms with Gasteiger partial charge in [0.15, 0.2) is 0 Å². The molecule has 2 N–H and O–H groups in total. The molecule has 6 heteroatoms. The zero-order valence-electron chi connectivity index (χ0n) is 15.7. The average Bonchev–Trinajstić information content (AvgIpc) is 2.64. The molecule has 2 aromatic carbocycles. The van der Waals surface area contributed by atoms with E-state index in [-0.39, 0.29) is 35.2 Å². The van der Waals surface area contributed by atoms with Gasteiger partial charge in [-0.15, -0.1) is 0 Å². The van der Waals surface area contributed by atoms with Gasteiger partial charge in [0.2, 0.25) is 5.91 Å². The summed E-state index contributed by atoms with van der Waals surface area (Å²) < 4.78 is 18.3. The van der Waals surface area contributed by atoms with E-state index in [2.05, 4.69) is 10.6 Å². The summed E-state index contributed by atoms with van der Waals surface area (Å²) in [5, 5.41) is 5.81. The maximum atomic E-state index is 13.0. The van der Waals surface area contributed by atoms with Gasteiger partial charge in [-0.05, 0) is 54.5 Å². The van der Waals surface area contributed by atoms with Crippen LogP contribution in [0.5, 0.6) is 0 Å². The fourth-order valence-electron chi connectivity index (χ4n) is 4.50. The summed E-state index contributed by atoms with van der Waals surface area (Å²) >= 11 is 0. The smallest absolute Gasteiger partial charge is 0.407 e. The van der Waals surface area contributed by atoms with Gasteiger partial charge >= 0.3 is 6.09 Å². The third-order valence-corrected chi connectivity index (χ3v) is 6.07. The fraction of sp³-hybridized carbons (Fsp3) is 0.364. The molecule has 5 rings (SSSR count). The van der Waals surface area contributed by atoms with Crippen LogP contribution in [0.3, 0.4) is 0 Å². The van der Waals surface area contributed by atoms with Crippen LogP contribution in [0.1, 0.15) is 31.7 Å². The number of ether oxygens (including phenoxy) is 1. The molecule has 5 nitrogen and oxygen atoms in total. The highest BCUT2D eigenvalue weighted by molar-refractivity contribution is 5.93. The van der Waals surface area contributed by atoms with Gasteiger partial charge in [0.1, 0.15) is 12.4 Å². The van der Waals surface area contributed by atoms with E-state index in [1.807, 2.05) is 37.3 Å². The summed E-state index contributed by atoms with van der Waals surface area (Å²) in [6, 6.07) is 15.3. The van der Waals surface area contributed by atoms with Gasteiger partial charge in [-0.25, -0.2) is 9.18 Å². The maximum Gasteiger partial charge on any atom is 0.407 e. The van der Waals surface area contributed by atoms with Crippen LogP contribution < -0.4 is 10.6 Å². The molecule has 2 amide bonds. The number of hydrogen-bond donors (Lipinski definition) is 2. The molecule has 3 saturated carbocycles. The zero-order valence-corrected chi connectivity index (χ0v) is 15.7. The minimum Gasteiger partial charge on any atom is -0.445 e. The molecule has 0 heterocycles. The predicted octanol–water partition coefficient (Wildman–Crippen LogP) is 4.25. The third-order valence-electron chi connectivity index (χ3n) is 6.07.